The molecule has 1 atom stereocenters. The summed E-state index contributed by atoms with van der Waals surface area (Å²) >= 11 is 4.84. The smallest absolute Gasteiger partial charge is 0.297 e. The highest BCUT2D eigenvalue weighted by atomic mass is 79.9. The number of para-hydroxylation sites is 1. The molecule has 1 aliphatic rings. The highest BCUT2D eigenvalue weighted by molar-refractivity contribution is 9.10. The molecule has 0 unspecified atom stereocenters. The van der Waals surface area contributed by atoms with Crippen LogP contribution in [-0.2, 0) is 0 Å². The highest BCUT2D eigenvalue weighted by Crippen LogP contribution is 2.43. The van der Waals surface area contributed by atoms with Gasteiger partial charge >= 0.3 is 0 Å². The molecule has 0 saturated carbocycles. The summed E-state index contributed by atoms with van der Waals surface area (Å²) in [4.78, 5) is 28.4. The number of halogens is 1. The minimum Gasteiger partial charge on any atom is -0.450 e. The molecule has 30 heavy (non-hydrogen) atoms. The lowest BCUT2D eigenvalue weighted by Crippen LogP contribution is -2.29. The molecule has 150 valence electrons. The Morgan fingerprint density at radius 1 is 1.10 bits per heavy atom. The fraction of sp³-hybridized carbons (Fsp3) is 0.182. The van der Waals surface area contributed by atoms with Crippen LogP contribution in [0.25, 0.3) is 11.0 Å². The van der Waals surface area contributed by atoms with Gasteiger partial charge in [-0.2, -0.15) is 0 Å². The first kappa shape index (κ1) is 19.1. The summed E-state index contributed by atoms with van der Waals surface area (Å²) in [6, 6.07) is 13.9. The van der Waals surface area contributed by atoms with Crippen molar-refractivity contribution in [2.75, 3.05) is 4.90 Å². The van der Waals surface area contributed by atoms with Gasteiger partial charge in [-0.25, -0.2) is 0 Å². The van der Waals surface area contributed by atoms with Gasteiger partial charge in [-0.1, -0.05) is 65.4 Å². The number of amides is 1. The third-order valence-corrected chi connectivity index (χ3v) is 6.79. The Labute approximate surface area is 184 Å². The van der Waals surface area contributed by atoms with E-state index >= 15 is 0 Å². The van der Waals surface area contributed by atoms with Crippen molar-refractivity contribution in [2.24, 2.45) is 0 Å². The quantitative estimate of drug-likeness (QED) is 0.397. The van der Waals surface area contributed by atoms with E-state index in [9.17, 15) is 9.59 Å². The maximum Gasteiger partial charge on any atom is 0.297 e. The molecule has 0 saturated heterocycles. The van der Waals surface area contributed by atoms with Crippen molar-refractivity contribution in [3.05, 3.63) is 85.1 Å². The minimum absolute atomic E-state index is 0.0602. The summed E-state index contributed by atoms with van der Waals surface area (Å²) in [5, 5.41) is 10.2. The summed E-state index contributed by atoms with van der Waals surface area (Å²) in [6.07, 6.45) is 0. The third kappa shape index (κ3) is 2.90. The Hall–Kier alpha value is -2.84. The molecule has 0 aliphatic carbocycles. The van der Waals surface area contributed by atoms with Crippen molar-refractivity contribution in [2.45, 2.75) is 25.8 Å². The summed E-state index contributed by atoms with van der Waals surface area (Å²) in [7, 11) is 0. The summed E-state index contributed by atoms with van der Waals surface area (Å²) in [5.74, 6) is -0.141. The van der Waals surface area contributed by atoms with Crippen LogP contribution in [0.2, 0.25) is 0 Å². The normalized spacial score (nSPS) is 15.9. The van der Waals surface area contributed by atoms with E-state index in [-0.39, 0.29) is 23.0 Å². The van der Waals surface area contributed by atoms with E-state index in [4.69, 9.17) is 4.42 Å². The van der Waals surface area contributed by atoms with E-state index in [1.165, 1.54) is 16.2 Å². The van der Waals surface area contributed by atoms with Crippen molar-refractivity contribution < 1.29 is 9.21 Å². The molecule has 8 heteroatoms. The first-order chi connectivity index (χ1) is 14.5. The number of carbonyl (C=O) groups excluding carboxylic acids is 1. The standard InChI is InChI=1S/C22H16BrN3O3S/c1-11(2)20-24-25-22(30-20)26-17(12-6-5-7-13(23)10-12)16-18(27)14-8-3-4-9-15(14)29-19(16)21(26)28/h3-11,17H,1-2H3/t17-/m0/s1. The van der Waals surface area contributed by atoms with E-state index in [1.54, 1.807) is 24.3 Å². The molecule has 0 radical (unpaired) electrons. The number of nitrogens with zero attached hydrogens (tertiary/aromatic N) is 3. The van der Waals surface area contributed by atoms with Crippen molar-refractivity contribution in [1.29, 1.82) is 0 Å². The van der Waals surface area contributed by atoms with Gasteiger partial charge in [0.2, 0.25) is 10.9 Å². The number of benzene rings is 2. The molecule has 0 bridgehead atoms. The Kier molecular flexibility index (Phi) is 4.56. The third-order valence-electron chi connectivity index (χ3n) is 5.07. The molecule has 5 rings (SSSR count). The van der Waals surface area contributed by atoms with Crippen molar-refractivity contribution >= 4 is 49.3 Å². The molecule has 6 nitrogen and oxygen atoms in total. The average Bonchev–Trinajstić information content (AvgIpc) is 3.32. The van der Waals surface area contributed by atoms with Crippen LogP contribution in [0.1, 0.15) is 52.5 Å². The Bertz CT molecular complexity index is 1360. The van der Waals surface area contributed by atoms with Crippen LogP contribution in [0.4, 0.5) is 5.13 Å². The fourth-order valence-electron chi connectivity index (χ4n) is 3.67. The van der Waals surface area contributed by atoms with Gasteiger partial charge in [0.1, 0.15) is 10.6 Å². The van der Waals surface area contributed by atoms with Crippen LogP contribution in [0.3, 0.4) is 0 Å². The first-order valence-corrected chi connectivity index (χ1v) is 11.0. The number of hydrogen-bond donors (Lipinski definition) is 0. The number of aromatic nitrogens is 2. The molecule has 3 heterocycles. The van der Waals surface area contributed by atoms with Crippen LogP contribution in [0.15, 0.2) is 62.2 Å². The largest absolute Gasteiger partial charge is 0.450 e. The topological polar surface area (TPSA) is 76.3 Å². The Morgan fingerprint density at radius 2 is 1.90 bits per heavy atom. The van der Waals surface area contributed by atoms with Gasteiger partial charge in [0.05, 0.1) is 17.0 Å². The van der Waals surface area contributed by atoms with E-state index in [0.29, 0.717) is 21.7 Å². The predicted molar refractivity (Wildman–Crippen MR) is 119 cm³/mol. The van der Waals surface area contributed by atoms with Gasteiger partial charge in [-0.15, -0.1) is 10.2 Å². The van der Waals surface area contributed by atoms with Gasteiger partial charge < -0.3 is 4.42 Å². The number of hydrogen-bond acceptors (Lipinski definition) is 6. The molecule has 0 N–H and O–H groups in total. The zero-order valence-electron chi connectivity index (χ0n) is 16.1. The molecule has 1 amide bonds. The lowest BCUT2D eigenvalue weighted by Gasteiger charge is -2.22. The molecule has 2 aromatic heterocycles. The van der Waals surface area contributed by atoms with E-state index in [2.05, 4.69) is 26.1 Å². The number of carbonyl (C=O) groups is 1. The van der Waals surface area contributed by atoms with E-state index in [1.807, 2.05) is 38.1 Å². The van der Waals surface area contributed by atoms with Crippen LogP contribution >= 0.6 is 27.3 Å². The predicted octanol–water partition coefficient (Wildman–Crippen LogP) is 5.28. The van der Waals surface area contributed by atoms with Gasteiger partial charge in [-0.3, -0.25) is 14.5 Å². The van der Waals surface area contributed by atoms with Gasteiger partial charge in [0.15, 0.2) is 5.43 Å². The Morgan fingerprint density at radius 3 is 2.63 bits per heavy atom. The molecule has 1 aliphatic heterocycles. The molecule has 0 fully saturated rings. The van der Waals surface area contributed by atoms with Crippen molar-refractivity contribution in [3.63, 3.8) is 0 Å². The molecule has 0 spiro atoms. The summed E-state index contributed by atoms with van der Waals surface area (Å²) in [5.41, 5.74) is 1.31. The van der Waals surface area contributed by atoms with Crippen LogP contribution in [0, 0.1) is 0 Å². The first-order valence-electron chi connectivity index (χ1n) is 9.44. The SMILES string of the molecule is CC(C)c1nnc(N2C(=O)c3oc4ccccc4c(=O)c3[C@@H]2c2cccc(Br)c2)s1. The monoisotopic (exact) mass is 481 g/mol. The Balaban J connectivity index is 1.79. The van der Waals surface area contributed by atoms with Gasteiger partial charge in [0, 0.05) is 10.4 Å². The van der Waals surface area contributed by atoms with Crippen molar-refractivity contribution in [1.82, 2.24) is 10.2 Å². The second kappa shape index (κ2) is 7.14. The molecule has 4 aromatic rings. The summed E-state index contributed by atoms with van der Waals surface area (Å²) in [6.45, 7) is 4.04. The van der Waals surface area contributed by atoms with Crippen LogP contribution in [0.5, 0.6) is 0 Å². The maximum absolute atomic E-state index is 13.5. The second-order valence-corrected chi connectivity index (χ2v) is 9.28. The number of anilines is 1. The van der Waals surface area contributed by atoms with Crippen LogP contribution in [-0.4, -0.2) is 16.1 Å². The number of rotatable bonds is 3. The maximum atomic E-state index is 13.5. The second-order valence-electron chi connectivity index (χ2n) is 7.38. The molecule has 2 aromatic carbocycles. The lowest BCUT2D eigenvalue weighted by molar-refractivity contribution is 0.0970. The zero-order valence-corrected chi connectivity index (χ0v) is 18.5. The summed E-state index contributed by atoms with van der Waals surface area (Å²) < 4.78 is 6.79. The van der Waals surface area contributed by atoms with Crippen molar-refractivity contribution in [3.8, 4) is 0 Å². The van der Waals surface area contributed by atoms with Crippen LogP contribution < -0.4 is 10.3 Å². The van der Waals surface area contributed by atoms with E-state index in [0.717, 1.165) is 15.0 Å². The van der Waals surface area contributed by atoms with Gasteiger partial charge in [0.25, 0.3) is 5.91 Å². The van der Waals surface area contributed by atoms with E-state index < -0.39 is 6.04 Å². The lowest BCUT2D eigenvalue weighted by atomic mass is 9.99. The molecular weight excluding hydrogens is 466 g/mol. The highest BCUT2D eigenvalue weighted by Gasteiger charge is 2.45. The average molecular weight is 482 g/mol. The molecular formula is C22H16BrN3O3S. The zero-order chi connectivity index (χ0) is 21.0. The minimum atomic E-state index is -0.640. The fourth-order valence-corrected chi connectivity index (χ4v) is 4.96. The number of fused-ring (bicyclic) bond motifs is 2. The van der Waals surface area contributed by atoms with Gasteiger partial charge in [-0.05, 0) is 29.8 Å².